The zero-order chi connectivity index (χ0) is 14.4. The lowest BCUT2D eigenvalue weighted by Crippen LogP contribution is -2.35. The summed E-state index contributed by atoms with van der Waals surface area (Å²) >= 11 is 0. The minimum absolute atomic E-state index is 0.120. The summed E-state index contributed by atoms with van der Waals surface area (Å²) in [5.41, 5.74) is 6.84. The molecule has 2 rings (SSSR count). The Balaban J connectivity index is 2.07. The van der Waals surface area contributed by atoms with Crippen molar-refractivity contribution in [2.75, 3.05) is 12.8 Å². The standard InChI is InChI=1S/C16H24N2O2/c1-20-14-11-7-10-13(17)15(14)16(19)18-12-8-5-3-2-4-6-9-12/h7,10-12H,2-6,8-9,17H2,1H3,(H,18,19). The summed E-state index contributed by atoms with van der Waals surface area (Å²) in [6.07, 6.45) is 8.34. The van der Waals surface area contributed by atoms with Gasteiger partial charge in [0.25, 0.3) is 5.91 Å². The number of anilines is 1. The van der Waals surface area contributed by atoms with E-state index in [-0.39, 0.29) is 11.9 Å². The first-order chi connectivity index (χ1) is 9.72. The van der Waals surface area contributed by atoms with Crippen LogP contribution in [-0.2, 0) is 0 Å². The largest absolute Gasteiger partial charge is 0.496 e. The number of benzene rings is 1. The molecule has 0 aromatic heterocycles. The van der Waals surface area contributed by atoms with Gasteiger partial charge in [-0.15, -0.1) is 0 Å². The number of hydrogen-bond acceptors (Lipinski definition) is 3. The Hall–Kier alpha value is -1.71. The Labute approximate surface area is 120 Å². The van der Waals surface area contributed by atoms with E-state index in [2.05, 4.69) is 5.32 Å². The highest BCUT2D eigenvalue weighted by molar-refractivity contribution is 6.02. The molecule has 20 heavy (non-hydrogen) atoms. The molecule has 0 atom stereocenters. The average Bonchev–Trinajstić information content (AvgIpc) is 2.41. The predicted octanol–water partition coefficient (Wildman–Crippen LogP) is 3.12. The molecule has 1 amide bonds. The minimum atomic E-state index is -0.120. The summed E-state index contributed by atoms with van der Waals surface area (Å²) in [5.74, 6) is 0.416. The van der Waals surface area contributed by atoms with Crippen LogP contribution < -0.4 is 15.8 Å². The second-order valence-electron chi connectivity index (χ2n) is 5.44. The van der Waals surface area contributed by atoms with Gasteiger partial charge in [0.15, 0.2) is 0 Å². The van der Waals surface area contributed by atoms with Crippen LogP contribution >= 0.6 is 0 Å². The van der Waals surface area contributed by atoms with Gasteiger partial charge in [-0.05, 0) is 25.0 Å². The molecule has 1 aromatic rings. The second kappa shape index (κ2) is 7.17. The van der Waals surface area contributed by atoms with Crippen LogP contribution in [0.15, 0.2) is 18.2 Å². The van der Waals surface area contributed by atoms with Crippen LogP contribution in [-0.4, -0.2) is 19.1 Å². The number of nitrogens with one attached hydrogen (secondary N) is 1. The van der Waals surface area contributed by atoms with Crippen LogP contribution in [0.1, 0.15) is 55.3 Å². The number of amides is 1. The van der Waals surface area contributed by atoms with Crippen LogP contribution in [0.3, 0.4) is 0 Å². The van der Waals surface area contributed by atoms with Crippen molar-refractivity contribution in [3.63, 3.8) is 0 Å². The fraction of sp³-hybridized carbons (Fsp3) is 0.562. The molecule has 4 heteroatoms. The maximum atomic E-state index is 12.4. The van der Waals surface area contributed by atoms with Crippen molar-refractivity contribution in [2.24, 2.45) is 0 Å². The molecule has 0 radical (unpaired) electrons. The highest BCUT2D eigenvalue weighted by Gasteiger charge is 2.19. The SMILES string of the molecule is COc1cccc(N)c1C(=O)NC1CCCCCCC1. The molecule has 110 valence electrons. The number of hydrogen-bond donors (Lipinski definition) is 2. The first kappa shape index (κ1) is 14.7. The van der Waals surface area contributed by atoms with Crippen molar-refractivity contribution < 1.29 is 9.53 Å². The Bertz CT molecular complexity index is 452. The smallest absolute Gasteiger partial charge is 0.257 e. The van der Waals surface area contributed by atoms with Crippen molar-refractivity contribution >= 4 is 11.6 Å². The number of ether oxygens (including phenoxy) is 1. The number of nitrogen functional groups attached to an aromatic ring is 1. The van der Waals surface area contributed by atoms with Crippen LogP contribution in [0.5, 0.6) is 5.75 Å². The lowest BCUT2D eigenvalue weighted by atomic mass is 9.96. The number of nitrogens with two attached hydrogens (primary N) is 1. The van der Waals surface area contributed by atoms with Gasteiger partial charge >= 0.3 is 0 Å². The predicted molar refractivity (Wildman–Crippen MR) is 81.0 cm³/mol. The minimum Gasteiger partial charge on any atom is -0.496 e. The highest BCUT2D eigenvalue weighted by Crippen LogP contribution is 2.25. The molecule has 0 unspecified atom stereocenters. The summed E-state index contributed by atoms with van der Waals surface area (Å²) in [4.78, 5) is 12.4. The molecular weight excluding hydrogens is 252 g/mol. The maximum absolute atomic E-state index is 12.4. The maximum Gasteiger partial charge on any atom is 0.257 e. The Morgan fingerprint density at radius 3 is 2.50 bits per heavy atom. The second-order valence-corrected chi connectivity index (χ2v) is 5.44. The normalized spacial score (nSPS) is 17.1. The Morgan fingerprint density at radius 2 is 1.85 bits per heavy atom. The van der Waals surface area contributed by atoms with Crippen LogP contribution in [0.2, 0.25) is 0 Å². The van der Waals surface area contributed by atoms with Gasteiger partial charge in [-0.3, -0.25) is 4.79 Å². The van der Waals surface area contributed by atoms with Crippen molar-refractivity contribution in [3.8, 4) is 5.75 Å². The lowest BCUT2D eigenvalue weighted by molar-refractivity contribution is 0.0928. The van der Waals surface area contributed by atoms with E-state index < -0.39 is 0 Å². The molecule has 1 aromatic carbocycles. The summed E-state index contributed by atoms with van der Waals surface area (Å²) < 4.78 is 5.24. The number of methoxy groups -OCH3 is 1. The fourth-order valence-corrected chi connectivity index (χ4v) is 2.82. The first-order valence-corrected chi connectivity index (χ1v) is 7.45. The van der Waals surface area contributed by atoms with Crippen molar-refractivity contribution in [3.05, 3.63) is 23.8 Å². The number of carbonyl (C=O) groups excluding carboxylic acids is 1. The van der Waals surface area contributed by atoms with Crippen LogP contribution in [0.25, 0.3) is 0 Å². The monoisotopic (exact) mass is 276 g/mol. The number of rotatable bonds is 3. The van der Waals surface area contributed by atoms with Gasteiger partial charge in [0.05, 0.1) is 7.11 Å². The third-order valence-corrected chi connectivity index (χ3v) is 3.95. The third-order valence-electron chi connectivity index (χ3n) is 3.95. The van der Waals surface area contributed by atoms with Crippen molar-refractivity contribution in [1.29, 1.82) is 0 Å². The summed E-state index contributed by atoms with van der Waals surface area (Å²) in [5, 5.41) is 3.12. The lowest BCUT2D eigenvalue weighted by Gasteiger charge is -2.22. The molecule has 0 heterocycles. The number of carbonyl (C=O) groups is 1. The highest BCUT2D eigenvalue weighted by atomic mass is 16.5. The fourth-order valence-electron chi connectivity index (χ4n) is 2.82. The van der Waals surface area contributed by atoms with Crippen molar-refractivity contribution in [2.45, 2.75) is 51.0 Å². The molecule has 0 aliphatic heterocycles. The summed E-state index contributed by atoms with van der Waals surface area (Å²) in [7, 11) is 1.56. The van der Waals surface area contributed by atoms with Gasteiger partial charge in [0.1, 0.15) is 11.3 Å². The molecule has 1 saturated carbocycles. The van der Waals surface area contributed by atoms with E-state index in [4.69, 9.17) is 10.5 Å². The first-order valence-electron chi connectivity index (χ1n) is 7.45. The van der Waals surface area contributed by atoms with Gasteiger partial charge in [0, 0.05) is 11.7 Å². The Kier molecular flexibility index (Phi) is 5.27. The topological polar surface area (TPSA) is 64.3 Å². The summed E-state index contributed by atoms with van der Waals surface area (Å²) in [6.45, 7) is 0. The summed E-state index contributed by atoms with van der Waals surface area (Å²) in [6, 6.07) is 5.55. The third kappa shape index (κ3) is 3.65. The van der Waals surface area contributed by atoms with E-state index in [0.717, 1.165) is 12.8 Å². The van der Waals surface area contributed by atoms with Gasteiger partial charge in [0.2, 0.25) is 0 Å². The van der Waals surface area contributed by atoms with Gasteiger partial charge in [-0.1, -0.05) is 38.2 Å². The molecular formula is C16H24N2O2. The molecule has 4 nitrogen and oxygen atoms in total. The van der Waals surface area contributed by atoms with Crippen molar-refractivity contribution in [1.82, 2.24) is 5.32 Å². The van der Waals surface area contributed by atoms with Gasteiger partial charge < -0.3 is 15.8 Å². The molecule has 1 aliphatic carbocycles. The van der Waals surface area contributed by atoms with Crippen LogP contribution in [0.4, 0.5) is 5.69 Å². The van der Waals surface area contributed by atoms with E-state index >= 15 is 0 Å². The van der Waals surface area contributed by atoms with Gasteiger partial charge in [-0.25, -0.2) is 0 Å². The molecule has 0 bridgehead atoms. The van der Waals surface area contributed by atoms with E-state index in [9.17, 15) is 4.79 Å². The Morgan fingerprint density at radius 1 is 1.20 bits per heavy atom. The van der Waals surface area contributed by atoms with E-state index in [1.807, 2.05) is 0 Å². The average molecular weight is 276 g/mol. The quantitative estimate of drug-likeness (QED) is 0.834. The zero-order valence-corrected chi connectivity index (χ0v) is 12.2. The van der Waals surface area contributed by atoms with E-state index in [0.29, 0.717) is 17.0 Å². The molecule has 0 spiro atoms. The van der Waals surface area contributed by atoms with Crippen LogP contribution in [0, 0.1) is 0 Å². The molecule has 3 N–H and O–H groups in total. The zero-order valence-electron chi connectivity index (χ0n) is 12.2. The molecule has 0 saturated heterocycles. The van der Waals surface area contributed by atoms with E-state index in [1.165, 1.54) is 32.1 Å². The molecule has 1 fully saturated rings. The van der Waals surface area contributed by atoms with E-state index in [1.54, 1.807) is 25.3 Å². The van der Waals surface area contributed by atoms with Gasteiger partial charge in [-0.2, -0.15) is 0 Å². The molecule has 1 aliphatic rings.